The molecule has 1 fully saturated rings. The number of hydrogen-bond donors (Lipinski definition) is 0. The van der Waals surface area contributed by atoms with Gasteiger partial charge in [-0.3, -0.25) is 0 Å². The largest absolute Gasteiger partial charge is 0.494 e. The molecular formula is C15H21ClO. The Morgan fingerprint density at radius 1 is 1.18 bits per heavy atom. The summed E-state index contributed by atoms with van der Waals surface area (Å²) < 4.78 is 5.74. The van der Waals surface area contributed by atoms with Gasteiger partial charge in [0.1, 0.15) is 5.75 Å². The van der Waals surface area contributed by atoms with Gasteiger partial charge in [-0.25, -0.2) is 0 Å². The van der Waals surface area contributed by atoms with Crippen LogP contribution in [0.3, 0.4) is 0 Å². The first-order chi connectivity index (χ1) is 8.40. The molecule has 1 aliphatic rings. The van der Waals surface area contributed by atoms with Crippen LogP contribution >= 0.6 is 11.6 Å². The molecule has 2 rings (SSSR count). The van der Waals surface area contributed by atoms with E-state index in [2.05, 4.69) is 0 Å². The zero-order chi connectivity index (χ0) is 11.9. The molecule has 1 aliphatic carbocycles. The zero-order valence-corrected chi connectivity index (χ0v) is 11.0. The van der Waals surface area contributed by atoms with Crippen molar-refractivity contribution in [3.8, 4) is 5.75 Å². The van der Waals surface area contributed by atoms with E-state index >= 15 is 0 Å². The summed E-state index contributed by atoms with van der Waals surface area (Å²) in [5.74, 6) is 3.23. The van der Waals surface area contributed by atoms with Gasteiger partial charge in [-0.1, -0.05) is 43.9 Å². The van der Waals surface area contributed by atoms with E-state index in [4.69, 9.17) is 16.3 Å². The Kier molecular flexibility index (Phi) is 5.18. The van der Waals surface area contributed by atoms with Crippen molar-refractivity contribution >= 4 is 11.6 Å². The van der Waals surface area contributed by atoms with Crippen LogP contribution in [0, 0.1) is 11.8 Å². The van der Waals surface area contributed by atoms with Crippen LogP contribution in [0.4, 0.5) is 0 Å². The molecule has 0 bridgehead atoms. The summed E-state index contributed by atoms with van der Waals surface area (Å²) in [4.78, 5) is 0. The number of rotatable bonds is 6. The number of alkyl halides is 1. The van der Waals surface area contributed by atoms with Gasteiger partial charge in [-0.2, -0.15) is 0 Å². The van der Waals surface area contributed by atoms with Crippen LogP contribution in [0.2, 0.25) is 0 Å². The van der Waals surface area contributed by atoms with Gasteiger partial charge in [-0.05, 0) is 30.4 Å². The van der Waals surface area contributed by atoms with Gasteiger partial charge in [0.2, 0.25) is 0 Å². The van der Waals surface area contributed by atoms with E-state index in [9.17, 15) is 0 Å². The third-order valence-electron chi connectivity index (χ3n) is 3.77. The fourth-order valence-electron chi connectivity index (χ4n) is 2.71. The molecule has 0 N–H and O–H groups in total. The van der Waals surface area contributed by atoms with Gasteiger partial charge < -0.3 is 4.74 Å². The standard InChI is InChI=1S/C15H21ClO/c16-12-14(13-6-4-5-7-13)10-11-17-15-8-2-1-3-9-15/h1-3,8-9,13-14H,4-7,10-12H2. The van der Waals surface area contributed by atoms with Crippen LogP contribution in [-0.4, -0.2) is 12.5 Å². The Balaban J connectivity index is 1.72. The predicted molar refractivity (Wildman–Crippen MR) is 72.7 cm³/mol. The Labute approximate surface area is 109 Å². The minimum atomic E-state index is 0.642. The van der Waals surface area contributed by atoms with Gasteiger partial charge in [0.05, 0.1) is 6.61 Å². The maximum atomic E-state index is 6.07. The van der Waals surface area contributed by atoms with E-state index in [0.29, 0.717) is 5.92 Å². The highest BCUT2D eigenvalue weighted by Gasteiger charge is 2.24. The zero-order valence-electron chi connectivity index (χ0n) is 10.3. The smallest absolute Gasteiger partial charge is 0.119 e. The summed E-state index contributed by atoms with van der Waals surface area (Å²) in [6, 6.07) is 10.0. The van der Waals surface area contributed by atoms with Crippen molar-refractivity contribution in [2.45, 2.75) is 32.1 Å². The maximum absolute atomic E-state index is 6.07. The van der Waals surface area contributed by atoms with Crippen molar-refractivity contribution < 1.29 is 4.74 Å². The van der Waals surface area contributed by atoms with Gasteiger partial charge >= 0.3 is 0 Å². The number of benzene rings is 1. The highest BCUT2D eigenvalue weighted by atomic mass is 35.5. The molecule has 17 heavy (non-hydrogen) atoms. The predicted octanol–water partition coefficient (Wildman–Crippen LogP) is 4.50. The van der Waals surface area contributed by atoms with Gasteiger partial charge in [0.25, 0.3) is 0 Å². The first-order valence-corrected chi connectivity index (χ1v) is 7.17. The van der Waals surface area contributed by atoms with Crippen molar-refractivity contribution in [2.75, 3.05) is 12.5 Å². The quantitative estimate of drug-likeness (QED) is 0.678. The Morgan fingerprint density at radius 3 is 2.53 bits per heavy atom. The number of ether oxygens (including phenoxy) is 1. The first-order valence-electron chi connectivity index (χ1n) is 6.64. The molecule has 1 aromatic carbocycles. The molecule has 0 amide bonds. The SMILES string of the molecule is ClCC(CCOc1ccccc1)C1CCCC1. The van der Waals surface area contributed by atoms with Crippen molar-refractivity contribution in [3.05, 3.63) is 30.3 Å². The second-order valence-corrected chi connectivity index (χ2v) is 5.22. The van der Waals surface area contributed by atoms with Crippen LogP contribution in [-0.2, 0) is 0 Å². The fourth-order valence-corrected chi connectivity index (χ4v) is 3.12. The summed E-state index contributed by atoms with van der Waals surface area (Å²) in [7, 11) is 0. The summed E-state index contributed by atoms with van der Waals surface area (Å²) in [5, 5.41) is 0. The van der Waals surface area contributed by atoms with E-state index in [0.717, 1.165) is 30.6 Å². The highest BCUT2D eigenvalue weighted by molar-refractivity contribution is 6.18. The molecule has 1 atom stereocenters. The van der Waals surface area contributed by atoms with Crippen molar-refractivity contribution in [1.29, 1.82) is 0 Å². The molecule has 0 aliphatic heterocycles. The second-order valence-electron chi connectivity index (χ2n) is 4.91. The normalized spacial score (nSPS) is 18.2. The van der Waals surface area contributed by atoms with E-state index < -0.39 is 0 Å². The average molecular weight is 253 g/mol. The van der Waals surface area contributed by atoms with Crippen LogP contribution in [0.1, 0.15) is 32.1 Å². The molecule has 0 aromatic heterocycles. The topological polar surface area (TPSA) is 9.23 Å². The van der Waals surface area contributed by atoms with Gasteiger partial charge in [0, 0.05) is 5.88 Å². The molecule has 1 unspecified atom stereocenters. The lowest BCUT2D eigenvalue weighted by molar-refractivity contribution is 0.249. The van der Waals surface area contributed by atoms with Crippen LogP contribution in [0.5, 0.6) is 5.75 Å². The van der Waals surface area contributed by atoms with Crippen LogP contribution in [0.15, 0.2) is 30.3 Å². The van der Waals surface area contributed by atoms with Gasteiger partial charge in [-0.15, -0.1) is 11.6 Å². The lowest BCUT2D eigenvalue weighted by atomic mass is 9.90. The third-order valence-corrected chi connectivity index (χ3v) is 4.16. The molecule has 0 saturated heterocycles. The molecule has 1 saturated carbocycles. The van der Waals surface area contributed by atoms with Crippen molar-refractivity contribution in [2.24, 2.45) is 11.8 Å². The van der Waals surface area contributed by atoms with E-state index in [-0.39, 0.29) is 0 Å². The summed E-state index contributed by atoms with van der Waals surface area (Å²) >= 11 is 6.07. The second kappa shape index (κ2) is 6.90. The van der Waals surface area contributed by atoms with E-state index in [1.54, 1.807) is 0 Å². The molecule has 0 spiro atoms. The van der Waals surface area contributed by atoms with E-state index in [1.807, 2.05) is 30.3 Å². The minimum absolute atomic E-state index is 0.642. The fraction of sp³-hybridized carbons (Fsp3) is 0.600. The number of hydrogen-bond acceptors (Lipinski definition) is 1. The lowest BCUT2D eigenvalue weighted by Gasteiger charge is -2.20. The summed E-state index contributed by atoms with van der Waals surface area (Å²) in [6.45, 7) is 0.790. The Hall–Kier alpha value is -0.690. The molecule has 0 heterocycles. The minimum Gasteiger partial charge on any atom is -0.494 e. The summed E-state index contributed by atoms with van der Waals surface area (Å²) in [5.41, 5.74) is 0. The Bertz CT molecular complexity index is 306. The molecule has 2 heteroatoms. The van der Waals surface area contributed by atoms with Crippen LogP contribution < -0.4 is 4.74 Å². The first kappa shape index (κ1) is 12.8. The van der Waals surface area contributed by atoms with Gasteiger partial charge in [0.15, 0.2) is 0 Å². The third kappa shape index (κ3) is 3.92. The van der Waals surface area contributed by atoms with Crippen molar-refractivity contribution in [3.63, 3.8) is 0 Å². The van der Waals surface area contributed by atoms with Crippen molar-refractivity contribution in [1.82, 2.24) is 0 Å². The Morgan fingerprint density at radius 2 is 1.88 bits per heavy atom. The lowest BCUT2D eigenvalue weighted by Crippen LogP contribution is -2.16. The number of para-hydroxylation sites is 1. The molecule has 1 nitrogen and oxygen atoms in total. The van der Waals surface area contributed by atoms with Crippen LogP contribution in [0.25, 0.3) is 0 Å². The molecule has 94 valence electrons. The average Bonchev–Trinajstić information content (AvgIpc) is 2.90. The monoisotopic (exact) mass is 252 g/mol. The van der Waals surface area contributed by atoms with E-state index in [1.165, 1.54) is 25.7 Å². The summed E-state index contributed by atoms with van der Waals surface area (Å²) in [6.07, 6.45) is 6.59. The highest BCUT2D eigenvalue weighted by Crippen LogP contribution is 2.33. The molecule has 0 radical (unpaired) electrons. The molecular weight excluding hydrogens is 232 g/mol. The number of halogens is 1. The maximum Gasteiger partial charge on any atom is 0.119 e. The molecule has 1 aromatic rings.